The van der Waals surface area contributed by atoms with Crippen molar-refractivity contribution in [2.24, 2.45) is 0 Å². The molecule has 1 aliphatic rings. The smallest absolute Gasteiger partial charge is 0.326 e. The quantitative estimate of drug-likeness (QED) is 0.229. The maximum absolute atomic E-state index is 12.1. The number of anilines is 1. The van der Waals surface area contributed by atoms with E-state index in [1.807, 2.05) is 0 Å². The van der Waals surface area contributed by atoms with E-state index in [4.69, 9.17) is 10.5 Å². The number of hydrogen-bond donors (Lipinski definition) is 5. The van der Waals surface area contributed by atoms with E-state index in [2.05, 4.69) is 27.2 Å². The van der Waals surface area contributed by atoms with Gasteiger partial charge in [0.2, 0.25) is 5.91 Å². The number of carboxylic acids is 1. The van der Waals surface area contributed by atoms with E-state index in [0.29, 0.717) is 29.1 Å². The first kappa shape index (κ1) is 27.1. The van der Waals surface area contributed by atoms with Crippen molar-refractivity contribution in [3.05, 3.63) is 12.7 Å². The highest BCUT2D eigenvalue weighted by molar-refractivity contribution is 7.99. The number of aliphatic carboxylic acids is 1. The van der Waals surface area contributed by atoms with Gasteiger partial charge in [-0.05, 0) is 18.6 Å². The predicted octanol–water partition coefficient (Wildman–Crippen LogP) is 1.08. The molecule has 1 amide bonds. The van der Waals surface area contributed by atoms with Crippen molar-refractivity contribution in [2.45, 2.75) is 82.5 Å². The number of nitrogens with two attached hydrogens (primary N) is 1. The largest absolute Gasteiger partial charge is 0.480 e. The first-order valence-corrected chi connectivity index (χ1v) is 13.0. The van der Waals surface area contributed by atoms with Crippen LogP contribution in [0.4, 0.5) is 5.82 Å². The van der Waals surface area contributed by atoms with Gasteiger partial charge in [-0.1, -0.05) is 32.6 Å². The molecule has 0 unspecified atom stereocenters. The van der Waals surface area contributed by atoms with Gasteiger partial charge in [0, 0.05) is 12.2 Å². The topological polar surface area (TPSA) is 186 Å². The van der Waals surface area contributed by atoms with E-state index in [-0.39, 0.29) is 18.1 Å². The van der Waals surface area contributed by atoms with Gasteiger partial charge >= 0.3 is 5.97 Å². The number of carbonyl (C=O) groups is 2. The number of carbonyl (C=O) groups excluding carboxylic acids is 1. The van der Waals surface area contributed by atoms with Gasteiger partial charge in [0.25, 0.3) is 0 Å². The number of aliphatic hydroxyl groups excluding tert-OH is 2. The number of nitrogen functional groups attached to an aromatic ring is 1. The van der Waals surface area contributed by atoms with Crippen molar-refractivity contribution in [3.8, 4) is 0 Å². The summed E-state index contributed by atoms with van der Waals surface area (Å²) in [5.41, 5.74) is 6.56. The van der Waals surface area contributed by atoms with E-state index in [1.54, 1.807) is 0 Å². The van der Waals surface area contributed by atoms with Gasteiger partial charge in [-0.15, -0.1) is 0 Å². The molecule has 3 rings (SSSR count). The average Bonchev–Trinajstić information content (AvgIpc) is 3.38. The summed E-state index contributed by atoms with van der Waals surface area (Å²) in [6.07, 6.45) is 4.36. The van der Waals surface area contributed by atoms with Crippen molar-refractivity contribution < 1.29 is 29.6 Å². The number of carboxylic acid groups (broad SMARTS) is 1. The summed E-state index contributed by atoms with van der Waals surface area (Å²) in [6.45, 7) is 2.12. The van der Waals surface area contributed by atoms with Crippen LogP contribution in [-0.2, 0) is 14.3 Å². The molecular weight excluding hydrogens is 476 g/mol. The third-order valence-electron chi connectivity index (χ3n) is 5.97. The molecule has 6 N–H and O–H groups in total. The Morgan fingerprint density at radius 2 is 1.97 bits per heavy atom. The lowest BCUT2D eigenvalue weighted by Crippen LogP contribution is -2.41. The third-order valence-corrected chi connectivity index (χ3v) is 7.06. The number of nitrogens with zero attached hydrogens (tertiary/aromatic N) is 4. The molecule has 1 aliphatic heterocycles. The molecule has 194 valence electrons. The maximum atomic E-state index is 12.1. The lowest BCUT2D eigenvalue weighted by Gasteiger charge is -2.17. The molecule has 35 heavy (non-hydrogen) atoms. The number of rotatable bonds is 14. The van der Waals surface area contributed by atoms with Crippen LogP contribution in [0.15, 0.2) is 12.7 Å². The van der Waals surface area contributed by atoms with Gasteiger partial charge in [-0.2, -0.15) is 11.8 Å². The summed E-state index contributed by atoms with van der Waals surface area (Å²) in [4.78, 5) is 35.8. The SMILES string of the molecule is CCCCCCCC(=O)N[C@@H](CCSC[C@H]1O[C@@H](n2cnc3c(N)ncnc32)[C@H](O)[C@@H]1O)C(=O)O. The highest BCUT2D eigenvalue weighted by Crippen LogP contribution is 2.33. The van der Waals surface area contributed by atoms with E-state index in [9.17, 15) is 24.9 Å². The second kappa shape index (κ2) is 13.0. The molecule has 13 heteroatoms. The fraction of sp³-hybridized carbons (Fsp3) is 0.682. The Labute approximate surface area is 207 Å². The van der Waals surface area contributed by atoms with E-state index in [0.717, 1.165) is 32.1 Å². The highest BCUT2D eigenvalue weighted by atomic mass is 32.2. The van der Waals surface area contributed by atoms with Crippen LogP contribution >= 0.6 is 11.8 Å². The minimum atomic E-state index is -1.21. The van der Waals surface area contributed by atoms with Crippen LogP contribution in [0, 0.1) is 0 Å². The summed E-state index contributed by atoms with van der Waals surface area (Å²) >= 11 is 1.38. The molecule has 3 heterocycles. The number of unbranched alkanes of at least 4 members (excludes halogenated alkanes) is 4. The lowest BCUT2D eigenvalue weighted by molar-refractivity contribution is -0.141. The molecule has 0 spiro atoms. The summed E-state index contributed by atoms with van der Waals surface area (Å²) < 4.78 is 7.39. The predicted molar refractivity (Wildman–Crippen MR) is 131 cm³/mol. The second-order valence-electron chi connectivity index (χ2n) is 8.62. The van der Waals surface area contributed by atoms with Gasteiger partial charge in [-0.3, -0.25) is 9.36 Å². The second-order valence-corrected chi connectivity index (χ2v) is 9.77. The minimum absolute atomic E-state index is 0.199. The molecule has 0 bridgehead atoms. The van der Waals surface area contributed by atoms with Crippen LogP contribution < -0.4 is 11.1 Å². The normalized spacial score (nSPS) is 22.9. The number of aliphatic hydroxyl groups is 2. The monoisotopic (exact) mass is 510 g/mol. The number of hydrogen-bond acceptors (Lipinski definition) is 10. The molecular formula is C22H34N6O6S. The Kier molecular flexibility index (Phi) is 10.1. The number of amides is 1. The van der Waals surface area contributed by atoms with Crippen molar-refractivity contribution >= 4 is 40.6 Å². The average molecular weight is 511 g/mol. The van der Waals surface area contributed by atoms with Gasteiger partial charge in [0.1, 0.15) is 30.1 Å². The fourth-order valence-corrected chi connectivity index (χ4v) is 5.04. The number of thioether (sulfide) groups is 1. The third kappa shape index (κ3) is 7.03. The number of nitrogens with one attached hydrogen (secondary N) is 1. The number of fused-ring (bicyclic) bond motifs is 1. The van der Waals surface area contributed by atoms with Gasteiger partial charge in [-0.25, -0.2) is 19.7 Å². The van der Waals surface area contributed by atoms with Gasteiger partial charge < -0.3 is 31.1 Å². The minimum Gasteiger partial charge on any atom is -0.480 e. The maximum Gasteiger partial charge on any atom is 0.326 e. The van der Waals surface area contributed by atoms with Crippen molar-refractivity contribution in [1.82, 2.24) is 24.8 Å². The zero-order valence-electron chi connectivity index (χ0n) is 19.7. The summed E-state index contributed by atoms with van der Waals surface area (Å²) in [6, 6.07) is -0.971. The number of aromatic nitrogens is 4. The Bertz CT molecular complexity index is 990. The van der Waals surface area contributed by atoms with Crippen molar-refractivity contribution in [1.29, 1.82) is 0 Å². The standard InChI is InChI=1S/C22H34N6O6S/c1-2-3-4-5-6-7-15(29)27-13(22(32)33)8-9-35-10-14-17(30)18(31)21(34-14)28-12-26-16-19(23)24-11-25-20(16)28/h11-14,17-18,21,30-31H,2-10H2,1H3,(H,27,29)(H,32,33)(H2,23,24,25)/t13-,14+,17+,18+,21+/m0/s1. The van der Waals surface area contributed by atoms with Crippen LogP contribution in [0.1, 0.15) is 58.1 Å². The molecule has 0 aromatic carbocycles. The molecule has 0 saturated carbocycles. The molecule has 1 fully saturated rings. The fourth-order valence-electron chi connectivity index (χ4n) is 3.97. The molecule has 0 radical (unpaired) electrons. The Hall–Kier alpha value is -2.48. The zero-order chi connectivity index (χ0) is 25.4. The number of imidazole rings is 1. The Morgan fingerprint density at radius 3 is 2.71 bits per heavy atom. The van der Waals surface area contributed by atoms with E-state index in [1.165, 1.54) is 29.0 Å². The van der Waals surface area contributed by atoms with Crippen LogP contribution in [0.3, 0.4) is 0 Å². The van der Waals surface area contributed by atoms with Gasteiger partial charge in [0.15, 0.2) is 17.7 Å². The molecule has 2 aromatic heterocycles. The Balaban J connectivity index is 1.45. The van der Waals surface area contributed by atoms with Crippen molar-refractivity contribution in [2.75, 3.05) is 17.2 Å². The van der Waals surface area contributed by atoms with Gasteiger partial charge in [0.05, 0.1) is 12.4 Å². The van der Waals surface area contributed by atoms with Crippen molar-refractivity contribution in [3.63, 3.8) is 0 Å². The van der Waals surface area contributed by atoms with Crippen LogP contribution in [0.5, 0.6) is 0 Å². The molecule has 0 aliphatic carbocycles. The molecule has 2 aromatic rings. The first-order valence-electron chi connectivity index (χ1n) is 11.9. The zero-order valence-corrected chi connectivity index (χ0v) is 20.6. The molecule has 12 nitrogen and oxygen atoms in total. The van der Waals surface area contributed by atoms with Crippen LogP contribution in [-0.4, -0.2) is 82.6 Å². The Morgan fingerprint density at radius 1 is 1.20 bits per heavy atom. The summed E-state index contributed by atoms with van der Waals surface area (Å²) in [5, 5.41) is 33.0. The number of ether oxygens (including phenoxy) is 1. The highest BCUT2D eigenvalue weighted by Gasteiger charge is 2.44. The summed E-state index contributed by atoms with van der Waals surface area (Å²) in [5.74, 6) is -0.373. The van der Waals surface area contributed by atoms with E-state index < -0.39 is 36.6 Å². The molecule has 5 atom stereocenters. The first-order chi connectivity index (χ1) is 16.8. The summed E-state index contributed by atoms with van der Waals surface area (Å²) in [7, 11) is 0. The van der Waals surface area contributed by atoms with Crippen LogP contribution in [0.2, 0.25) is 0 Å². The van der Waals surface area contributed by atoms with E-state index >= 15 is 0 Å². The molecule has 1 saturated heterocycles. The lowest BCUT2D eigenvalue weighted by atomic mass is 10.1. The van der Waals surface area contributed by atoms with Crippen LogP contribution in [0.25, 0.3) is 11.2 Å².